The van der Waals surface area contributed by atoms with Crippen LogP contribution in [0.4, 0.5) is 0 Å². The summed E-state index contributed by atoms with van der Waals surface area (Å²) >= 11 is 1.41. The Balaban J connectivity index is 1.31. The third-order valence-corrected chi connectivity index (χ3v) is 6.29. The van der Waals surface area contributed by atoms with E-state index >= 15 is 0 Å². The maximum atomic E-state index is 13.1. The maximum Gasteiger partial charge on any atom is 0.233 e. The molecule has 0 saturated carbocycles. The van der Waals surface area contributed by atoms with Crippen LogP contribution in [0.15, 0.2) is 60.1 Å². The van der Waals surface area contributed by atoms with E-state index in [1.165, 1.54) is 17.3 Å². The monoisotopic (exact) mass is 419 g/mol. The number of rotatable bonds is 5. The Morgan fingerprint density at radius 2 is 2.00 bits per heavy atom. The minimum Gasteiger partial charge on any atom is -0.332 e. The smallest absolute Gasteiger partial charge is 0.233 e. The summed E-state index contributed by atoms with van der Waals surface area (Å²) in [5, 5.41) is 17.5. The number of fused-ring (bicyclic) bond motifs is 1. The van der Waals surface area contributed by atoms with E-state index in [2.05, 4.69) is 27.3 Å². The van der Waals surface area contributed by atoms with Crippen LogP contribution in [-0.4, -0.2) is 52.5 Å². The van der Waals surface area contributed by atoms with Crippen LogP contribution in [0.25, 0.3) is 11.3 Å². The van der Waals surface area contributed by atoms with Gasteiger partial charge in [0, 0.05) is 18.4 Å². The summed E-state index contributed by atoms with van der Waals surface area (Å²) in [6.45, 7) is 2.78. The zero-order valence-corrected chi connectivity index (χ0v) is 17.4. The molecule has 152 valence electrons. The van der Waals surface area contributed by atoms with E-state index < -0.39 is 0 Å². The number of hydrogen-bond donors (Lipinski definition) is 0. The lowest BCUT2D eigenvalue weighted by Crippen LogP contribution is -2.33. The predicted molar refractivity (Wildman–Crippen MR) is 113 cm³/mol. The summed E-state index contributed by atoms with van der Waals surface area (Å²) in [7, 11) is 0. The van der Waals surface area contributed by atoms with Gasteiger partial charge < -0.3 is 4.90 Å². The molecule has 9 heteroatoms. The Kier molecular flexibility index (Phi) is 4.96. The van der Waals surface area contributed by atoms with E-state index in [9.17, 15) is 4.79 Å². The standard InChI is InChI=1S/C21H21N7OS/c1-15-7-9-16(10-8-15)28-14-22-25-21(28)30-13-19(29)26-12-4-5-17(26)20-24-23-18-6-2-3-11-27(18)20/h2-3,6-11,14,17H,4-5,12-13H2,1H3/t17-/m0/s1. The van der Waals surface area contributed by atoms with Crippen molar-refractivity contribution in [3.8, 4) is 5.69 Å². The molecule has 8 nitrogen and oxygen atoms in total. The molecule has 1 amide bonds. The number of hydrogen-bond acceptors (Lipinski definition) is 6. The number of pyridine rings is 1. The zero-order valence-electron chi connectivity index (χ0n) is 16.5. The van der Waals surface area contributed by atoms with Crippen molar-refractivity contribution in [2.75, 3.05) is 12.3 Å². The molecule has 0 N–H and O–H groups in total. The van der Waals surface area contributed by atoms with Crippen molar-refractivity contribution in [2.24, 2.45) is 0 Å². The molecule has 5 rings (SSSR count). The second kappa shape index (κ2) is 7.91. The number of likely N-dealkylation sites (tertiary alicyclic amines) is 1. The molecule has 1 fully saturated rings. The SMILES string of the molecule is Cc1ccc(-n2cnnc2SCC(=O)N2CCC[C@H]2c2nnc3ccccn23)cc1. The van der Waals surface area contributed by atoms with Crippen LogP contribution < -0.4 is 0 Å². The van der Waals surface area contributed by atoms with Gasteiger partial charge in [0.1, 0.15) is 6.33 Å². The molecule has 0 unspecified atom stereocenters. The van der Waals surface area contributed by atoms with E-state index in [0.29, 0.717) is 10.9 Å². The highest BCUT2D eigenvalue weighted by Gasteiger charge is 2.33. The first-order valence-corrected chi connectivity index (χ1v) is 10.9. The quantitative estimate of drug-likeness (QED) is 0.463. The molecule has 0 radical (unpaired) electrons. The van der Waals surface area contributed by atoms with E-state index in [1.54, 1.807) is 6.33 Å². The lowest BCUT2D eigenvalue weighted by Gasteiger charge is -2.23. The van der Waals surface area contributed by atoms with Crippen molar-refractivity contribution >= 4 is 23.3 Å². The minimum absolute atomic E-state index is 0.0505. The predicted octanol–water partition coefficient (Wildman–Crippen LogP) is 3.07. The Morgan fingerprint density at radius 1 is 1.13 bits per heavy atom. The van der Waals surface area contributed by atoms with Gasteiger partial charge in [-0.1, -0.05) is 35.5 Å². The Labute approximate surface area is 177 Å². The number of thioether (sulfide) groups is 1. The van der Waals surface area contributed by atoms with E-state index in [0.717, 1.165) is 36.5 Å². The van der Waals surface area contributed by atoms with Crippen LogP contribution in [0, 0.1) is 6.92 Å². The van der Waals surface area contributed by atoms with E-state index in [4.69, 9.17) is 0 Å². The van der Waals surface area contributed by atoms with Crippen molar-refractivity contribution in [3.63, 3.8) is 0 Å². The molecule has 1 saturated heterocycles. The van der Waals surface area contributed by atoms with Crippen LogP contribution in [-0.2, 0) is 4.79 Å². The van der Waals surface area contributed by atoms with Crippen LogP contribution in [0.5, 0.6) is 0 Å². The van der Waals surface area contributed by atoms with E-state index in [-0.39, 0.29) is 11.9 Å². The lowest BCUT2D eigenvalue weighted by molar-refractivity contribution is -0.129. The third-order valence-electron chi connectivity index (χ3n) is 5.36. The fraction of sp³-hybridized carbons (Fsp3) is 0.286. The van der Waals surface area contributed by atoms with Gasteiger partial charge in [-0.05, 0) is 44.0 Å². The molecule has 4 aromatic rings. The molecule has 1 aliphatic rings. The van der Waals surface area contributed by atoms with Crippen molar-refractivity contribution in [1.82, 2.24) is 34.3 Å². The van der Waals surface area contributed by atoms with Crippen molar-refractivity contribution in [3.05, 3.63) is 66.4 Å². The molecule has 4 heterocycles. The number of aryl methyl sites for hydroxylation is 1. The molecule has 0 bridgehead atoms. The summed E-state index contributed by atoms with van der Waals surface area (Å²) in [4.78, 5) is 15.0. The molecule has 30 heavy (non-hydrogen) atoms. The maximum absolute atomic E-state index is 13.1. The molecular weight excluding hydrogens is 398 g/mol. The molecule has 1 atom stereocenters. The van der Waals surface area contributed by atoms with Gasteiger partial charge in [-0.2, -0.15) is 0 Å². The van der Waals surface area contributed by atoms with Crippen LogP contribution in [0.3, 0.4) is 0 Å². The number of benzene rings is 1. The summed E-state index contributed by atoms with van der Waals surface area (Å²) in [6.07, 6.45) is 5.48. The second-order valence-corrected chi connectivity index (χ2v) is 8.28. The third kappa shape index (κ3) is 3.45. The van der Waals surface area contributed by atoms with Gasteiger partial charge in [-0.15, -0.1) is 20.4 Å². The lowest BCUT2D eigenvalue weighted by atomic mass is 10.2. The zero-order chi connectivity index (χ0) is 20.5. The van der Waals surface area contributed by atoms with Crippen molar-refractivity contribution in [1.29, 1.82) is 0 Å². The number of carbonyl (C=O) groups excluding carboxylic acids is 1. The van der Waals surface area contributed by atoms with Crippen LogP contribution in [0.2, 0.25) is 0 Å². The van der Waals surface area contributed by atoms with Gasteiger partial charge in [0.05, 0.1) is 11.8 Å². The average molecular weight is 420 g/mol. The van der Waals surface area contributed by atoms with Gasteiger partial charge >= 0.3 is 0 Å². The first-order chi connectivity index (χ1) is 14.7. The second-order valence-electron chi connectivity index (χ2n) is 7.34. The molecule has 0 spiro atoms. The van der Waals surface area contributed by atoms with Crippen LogP contribution in [0.1, 0.15) is 30.3 Å². The highest BCUT2D eigenvalue weighted by atomic mass is 32.2. The fourth-order valence-corrected chi connectivity index (χ4v) is 4.65. The van der Waals surface area contributed by atoms with E-state index in [1.807, 2.05) is 62.5 Å². The highest BCUT2D eigenvalue weighted by Crippen LogP contribution is 2.32. The minimum atomic E-state index is -0.0505. The molecule has 0 aliphatic carbocycles. The van der Waals surface area contributed by atoms with Gasteiger partial charge in [0.2, 0.25) is 5.91 Å². The Bertz CT molecular complexity index is 1180. The molecule has 1 aromatic carbocycles. The molecular formula is C21H21N7OS. The normalized spacial score (nSPS) is 16.4. The summed E-state index contributed by atoms with van der Waals surface area (Å²) in [5.41, 5.74) is 2.97. The summed E-state index contributed by atoms with van der Waals surface area (Å²) < 4.78 is 3.88. The number of nitrogens with zero attached hydrogens (tertiary/aromatic N) is 7. The number of carbonyl (C=O) groups is 1. The Hall–Kier alpha value is -3.20. The van der Waals surface area contributed by atoms with Gasteiger partial charge in [0.15, 0.2) is 16.6 Å². The topological polar surface area (TPSA) is 81.2 Å². The van der Waals surface area contributed by atoms with Crippen molar-refractivity contribution < 1.29 is 4.79 Å². The summed E-state index contributed by atoms with van der Waals surface area (Å²) in [5.74, 6) is 1.20. The first-order valence-electron chi connectivity index (χ1n) is 9.90. The van der Waals surface area contributed by atoms with Crippen LogP contribution >= 0.6 is 11.8 Å². The van der Waals surface area contributed by atoms with Gasteiger partial charge in [-0.3, -0.25) is 13.8 Å². The van der Waals surface area contributed by atoms with Crippen molar-refractivity contribution in [2.45, 2.75) is 31.0 Å². The Morgan fingerprint density at radius 3 is 2.87 bits per heavy atom. The molecule has 1 aliphatic heterocycles. The first kappa shape index (κ1) is 18.8. The number of aromatic nitrogens is 6. The number of amides is 1. The largest absolute Gasteiger partial charge is 0.332 e. The van der Waals surface area contributed by atoms with Gasteiger partial charge in [-0.25, -0.2) is 0 Å². The van der Waals surface area contributed by atoms with Gasteiger partial charge in [0.25, 0.3) is 0 Å². The fourth-order valence-electron chi connectivity index (χ4n) is 3.84. The summed E-state index contributed by atoms with van der Waals surface area (Å²) in [6, 6.07) is 13.9. The highest BCUT2D eigenvalue weighted by molar-refractivity contribution is 7.99. The average Bonchev–Trinajstić information content (AvgIpc) is 3.51. The molecule has 3 aromatic heterocycles.